The molecule has 0 aromatic heterocycles. The molecule has 0 saturated carbocycles. The normalized spacial score (nSPS) is 14.0. The van der Waals surface area contributed by atoms with E-state index >= 15 is 0 Å². The van der Waals surface area contributed by atoms with Gasteiger partial charge < -0.3 is 5.11 Å². The molecule has 1 N–H and O–H groups in total. The lowest BCUT2D eigenvalue weighted by molar-refractivity contribution is -0.154. The highest BCUT2D eigenvalue weighted by molar-refractivity contribution is 6.30. The van der Waals surface area contributed by atoms with Gasteiger partial charge in [-0.25, -0.2) is 4.39 Å². The number of benzene rings is 1. The smallest absolute Gasteiger partial charge is 0.388 e. The summed E-state index contributed by atoms with van der Waals surface area (Å²) in [5.41, 5.74) is -0.406. The Bertz CT molecular complexity index is 350. The molecule has 0 fully saturated rings. The number of hydrogen-bond acceptors (Lipinski definition) is 1. The van der Waals surface area contributed by atoms with Crippen molar-refractivity contribution in [2.24, 2.45) is 0 Å². The van der Waals surface area contributed by atoms with Gasteiger partial charge in [0.15, 0.2) is 0 Å². The molecule has 0 aliphatic rings. The lowest BCUT2D eigenvalue weighted by Crippen LogP contribution is -2.14. The van der Waals surface area contributed by atoms with E-state index in [1.807, 2.05) is 0 Å². The third-order valence-electron chi connectivity index (χ3n) is 1.75. The van der Waals surface area contributed by atoms with E-state index in [4.69, 9.17) is 16.7 Å². The van der Waals surface area contributed by atoms with Gasteiger partial charge in [-0.15, -0.1) is 0 Å². The molecule has 1 unspecified atom stereocenters. The highest BCUT2D eigenvalue weighted by Gasteiger charge is 2.32. The van der Waals surface area contributed by atoms with Gasteiger partial charge in [-0.2, -0.15) is 13.2 Å². The summed E-state index contributed by atoms with van der Waals surface area (Å²) in [5.74, 6) is -0.945. The van der Waals surface area contributed by atoms with E-state index in [9.17, 15) is 17.6 Å². The van der Waals surface area contributed by atoms with Gasteiger partial charge in [0, 0.05) is 10.6 Å². The van der Waals surface area contributed by atoms with Crippen LogP contribution in [0.1, 0.15) is 18.1 Å². The summed E-state index contributed by atoms with van der Waals surface area (Å²) in [6.45, 7) is 0. The Labute approximate surface area is 88.3 Å². The Morgan fingerprint density at radius 2 is 1.93 bits per heavy atom. The van der Waals surface area contributed by atoms with E-state index in [0.717, 1.165) is 12.1 Å². The fraction of sp³-hybridized carbons (Fsp3) is 0.333. The second-order valence-electron chi connectivity index (χ2n) is 3.00. The number of alkyl halides is 3. The molecule has 0 amide bonds. The van der Waals surface area contributed by atoms with Gasteiger partial charge in [0.05, 0.1) is 12.5 Å². The molecule has 0 aliphatic heterocycles. The molecule has 1 nitrogen and oxygen atoms in total. The van der Waals surface area contributed by atoms with Crippen molar-refractivity contribution in [3.8, 4) is 0 Å². The van der Waals surface area contributed by atoms with Crippen LogP contribution in [0.2, 0.25) is 5.02 Å². The summed E-state index contributed by atoms with van der Waals surface area (Å²) >= 11 is 5.41. The largest absolute Gasteiger partial charge is 0.391 e. The minimum atomic E-state index is -4.54. The summed E-state index contributed by atoms with van der Waals surface area (Å²) in [6, 6.07) is 3.12. The quantitative estimate of drug-likeness (QED) is 0.788. The summed E-state index contributed by atoms with van der Waals surface area (Å²) < 4.78 is 48.7. The fourth-order valence-corrected chi connectivity index (χ4v) is 1.26. The third kappa shape index (κ3) is 3.68. The second kappa shape index (κ2) is 4.37. The van der Waals surface area contributed by atoms with Crippen LogP contribution >= 0.6 is 11.6 Å². The molecule has 1 rings (SSSR count). The van der Waals surface area contributed by atoms with Gasteiger partial charge in [0.25, 0.3) is 0 Å². The first-order valence-corrected chi connectivity index (χ1v) is 4.37. The van der Waals surface area contributed by atoms with Gasteiger partial charge in [0.1, 0.15) is 5.82 Å². The molecule has 0 aliphatic carbocycles. The predicted molar refractivity (Wildman–Crippen MR) is 47.0 cm³/mol. The topological polar surface area (TPSA) is 20.2 Å². The molecule has 1 aromatic rings. The van der Waals surface area contributed by atoms with Crippen LogP contribution in [0.25, 0.3) is 0 Å². The molecule has 1 aromatic carbocycles. The maximum Gasteiger partial charge on any atom is 0.391 e. The molecule has 0 radical (unpaired) electrons. The summed E-state index contributed by atoms with van der Waals surface area (Å²) in [5, 5.41) is 9.19. The monoisotopic (exact) mass is 242 g/mol. The number of rotatable bonds is 2. The summed E-state index contributed by atoms with van der Waals surface area (Å²) in [4.78, 5) is 0. The van der Waals surface area contributed by atoms with Crippen molar-refractivity contribution in [3.63, 3.8) is 0 Å². The van der Waals surface area contributed by atoms with Crippen LogP contribution in [0, 0.1) is 5.82 Å². The second-order valence-corrected chi connectivity index (χ2v) is 3.44. The third-order valence-corrected chi connectivity index (χ3v) is 1.98. The minimum Gasteiger partial charge on any atom is -0.388 e. The van der Waals surface area contributed by atoms with Crippen molar-refractivity contribution in [2.75, 3.05) is 0 Å². The first-order chi connectivity index (χ1) is 6.79. The average molecular weight is 243 g/mol. The van der Waals surface area contributed by atoms with Crippen LogP contribution in [0.3, 0.4) is 0 Å². The number of hydrogen-bond donors (Lipinski definition) is 1. The Kier molecular flexibility index (Phi) is 3.57. The van der Waals surface area contributed by atoms with Crippen molar-refractivity contribution in [2.45, 2.75) is 18.7 Å². The average Bonchev–Trinajstić information content (AvgIpc) is 1.99. The fourth-order valence-electron chi connectivity index (χ4n) is 1.10. The Morgan fingerprint density at radius 1 is 1.33 bits per heavy atom. The van der Waals surface area contributed by atoms with Gasteiger partial charge in [0.2, 0.25) is 0 Å². The minimum absolute atomic E-state index is 0.0652. The molecule has 0 bridgehead atoms. The van der Waals surface area contributed by atoms with Gasteiger partial charge in [-0.1, -0.05) is 17.7 Å². The molecule has 84 valence electrons. The highest BCUT2D eigenvalue weighted by Crippen LogP contribution is 2.31. The van der Waals surface area contributed by atoms with Crippen molar-refractivity contribution in [3.05, 3.63) is 34.6 Å². The van der Waals surface area contributed by atoms with Crippen LogP contribution in [-0.2, 0) is 0 Å². The van der Waals surface area contributed by atoms with Crippen LogP contribution in [0.4, 0.5) is 17.6 Å². The molecule has 15 heavy (non-hydrogen) atoms. The van der Waals surface area contributed by atoms with E-state index in [0.29, 0.717) is 0 Å². The van der Waals surface area contributed by atoms with Gasteiger partial charge >= 0.3 is 6.18 Å². The SMILES string of the molecule is OC(CC(F)(F)F)c1ccc(Cl)cc1F. The molecular formula is C9H7ClF4O. The Hall–Kier alpha value is -0.810. The van der Waals surface area contributed by atoms with E-state index in [-0.39, 0.29) is 5.02 Å². The predicted octanol–water partition coefficient (Wildman–Crippen LogP) is 3.46. The summed E-state index contributed by atoms with van der Waals surface area (Å²) in [6.07, 6.45) is -7.92. The van der Waals surface area contributed by atoms with Crippen LogP contribution < -0.4 is 0 Å². The lowest BCUT2D eigenvalue weighted by atomic mass is 10.1. The van der Waals surface area contributed by atoms with E-state index < -0.39 is 30.1 Å². The van der Waals surface area contributed by atoms with E-state index in [1.54, 1.807) is 0 Å². The van der Waals surface area contributed by atoms with Crippen molar-refractivity contribution in [1.29, 1.82) is 0 Å². The molecule has 0 spiro atoms. The lowest BCUT2D eigenvalue weighted by Gasteiger charge is -2.14. The number of aliphatic hydroxyl groups excluding tert-OH is 1. The summed E-state index contributed by atoms with van der Waals surface area (Å²) in [7, 11) is 0. The maximum absolute atomic E-state index is 13.1. The molecule has 0 saturated heterocycles. The van der Waals surface area contributed by atoms with Crippen LogP contribution in [0.15, 0.2) is 18.2 Å². The first kappa shape index (κ1) is 12.3. The van der Waals surface area contributed by atoms with Crippen molar-refractivity contribution < 1.29 is 22.7 Å². The molecule has 1 atom stereocenters. The molecular weight excluding hydrogens is 236 g/mol. The van der Waals surface area contributed by atoms with Crippen molar-refractivity contribution in [1.82, 2.24) is 0 Å². The van der Waals surface area contributed by atoms with Crippen LogP contribution in [-0.4, -0.2) is 11.3 Å². The van der Waals surface area contributed by atoms with Crippen LogP contribution in [0.5, 0.6) is 0 Å². The van der Waals surface area contributed by atoms with E-state index in [2.05, 4.69) is 0 Å². The molecule has 6 heteroatoms. The van der Waals surface area contributed by atoms with Gasteiger partial charge in [-0.05, 0) is 12.1 Å². The highest BCUT2D eigenvalue weighted by atomic mass is 35.5. The zero-order valence-electron chi connectivity index (χ0n) is 7.35. The maximum atomic E-state index is 13.1. The molecule has 0 heterocycles. The standard InChI is InChI=1S/C9H7ClF4O/c10-5-1-2-6(7(11)3-5)8(15)4-9(12,13)14/h1-3,8,15H,4H2. The Morgan fingerprint density at radius 3 is 2.40 bits per heavy atom. The number of aliphatic hydroxyl groups is 1. The zero-order valence-corrected chi connectivity index (χ0v) is 8.11. The van der Waals surface area contributed by atoms with Crippen molar-refractivity contribution >= 4 is 11.6 Å². The number of halogens is 5. The van der Waals surface area contributed by atoms with Gasteiger partial charge in [-0.3, -0.25) is 0 Å². The van der Waals surface area contributed by atoms with E-state index in [1.165, 1.54) is 6.07 Å². The first-order valence-electron chi connectivity index (χ1n) is 3.99. The zero-order chi connectivity index (χ0) is 11.6. The Balaban J connectivity index is 2.87.